The zero-order chi connectivity index (χ0) is 21.1. The number of fused-ring (bicyclic) bond motifs is 1. The van der Waals surface area contributed by atoms with Crippen LogP contribution < -0.4 is 14.8 Å². The highest BCUT2D eigenvalue weighted by Crippen LogP contribution is 2.31. The monoisotopic (exact) mass is 407 g/mol. The van der Waals surface area contributed by atoms with E-state index < -0.39 is 5.91 Å². The van der Waals surface area contributed by atoms with E-state index in [2.05, 4.69) is 15.5 Å². The Kier molecular flexibility index (Phi) is 5.38. The number of para-hydroxylation sites is 1. The predicted octanol–water partition coefficient (Wildman–Crippen LogP) is 4.13. The molecule has 0 unspecified atom stereocenters. The lowest BCUT2D eigenvalue weighted by molar-refractivity contribution is 0.0907. The molecule has 0 bridgehead atoms. The van der Waals surface area contributed by atoms with Gasteiger partial charge >= 0.3 is 11.8 Å². The number of furan rings is 1. The minimum absolute atomic E-state index is 0.136. The first-order chi connectivity index (χ1) is 14.6. The van der Waals surface area contributed by atoms with Crippen LogP contribution in [0.5, 0.6) is 11.5 Å². The van der Waals surface area contributed by atoms with Gasteiger partial charge in [0.2, 0.25) is 5.82 Å². The Morgan fingerprint density at radius 3 is 2.77 bits per heavy atom. The summed E-state index contributed by atoms with van der Waals surface area (Å²) < 4.78 is 21.8. The number of rotatable bonds is 7. The fraction of sp³-hybridized carbons (Fsp3) is 0.227. The minimum atomic E-state index is -0.477. The van der Waals surface area contributed by atoms with E-state index in [1.165, 1.54) is 0 Å². The van der Waals surface area contributed by atoms with Crippen LogP contribution in [0.1, 0.15) is 28.7 Å². The maximum Gasteiger partial charge on any atom is 0.316 e. The quantitative estimate of drug-likeness (QED) is 0.492. The lowest BCUT2D eigenvalue weighted by atomic mass is 10.1. The highest BCUT2D eigenvalue weighted by Gasteiger charge is 2.21. The van der Waals surface area contributed by atoms with E-state index in [0.717, 1.165) is 22.1 Å². The molecule has 8 nitrogen and oxygen atoms in total. The predicted molar refractivity (Wildman–Crippen MR) is 110 cm³/mol. The Hall–Kier alpha value is -3.81. The maximum absolute atomic E-state index is 12.4. The number of aromatic nitrogens is 2. The van der Waals surface area contributed by atoms with E-state index in [1.54, 1.807) is 13.2 Å². The molecule has 0 aliphatic rings. The van der Waals surface area contributed by atoms with Gasteiger partial charge in [-0.05, 0) is 37.6 Å². The van der Waals surface area contributed by atoms with Crippen molar-refractivity contribution < 1.29 is 23.2 Å². The molecule has 0 aliphatic carbocycles. The number of aryl methyl sites for hydroxylation is 1. The largest absolute Gasteiger partial charge is 0.493 e. The van der Waals surface area contributed by atoms with Crippen LogP contribution in [0, 0.1) is 6.92 Å². The van der Waals surface area contributed by atoms with Crippen molar-refractivity contribution in [2.24, 2.45) is 0 Å². The second kappa shape index (κ2) is 8.28. The van der Waals surface area contributed by atoms with Gasteiger partial charge in [0, 0.05) is 17.5 Å². The van der Waals surface area contributed by atoms with Crippen LogP contribution >= 0.6 is 0 Å². The third-order valence-electron chi connectivity index (χ3n) is 4.65. The molecule has 2 aromatic heterocycles. The third-order valence-corrected chi connectivity index (χ3v) is 4.65. The topological polar surface area (TPSA) is 99.6 Å². The van der Waals surface area contributed by atoms with Crippen molar-refractivity contribution in [1.29, 1.82) is 0 Å². The molecule has 4 rings (SSSR count). The van der Waals surface area contributed by atoms with Gasteiger partial charge in [-0.3, -0.25) is 4.79 Å². The summed E-state index contributed by atoms with van der Waals surface area (Å²) in [4.78, 5) is 16.6. The van der Waals surface area contributed by atoms with E-state index >= 15 is 0 Å². The van der Waals surface area contributed by atoms with E-state index in [-0.39, 0.29) is 18.3 Å². The van der Waals surface area contributed by atoms with Crippen molar-refractivity contribution in [2.45, 2.75) is 20.4 Å². The molecule has 4 aromatic rings. The molecule has 154 valence electrons. The molecule has 0 aliphatic heterocycles. The lowest BCUT2D eigenvalue weighted by Gasteiger charge is -2.11. The van der Waals surface area contributed by atoms with Gasteiger partial charge in [0.25, 0.3) is 0 Å². The highest BCUT2D eigenvalue weighted by atomic mass is 16.5. The van der Waals surface area contributed by atoms with Crippen molar-refractivity contribution in [3.05, 3.63) is 59.5 Å². The zero-order valence-corrected chi connectivity index (χ0v) is 16.9. The molecule has 0 spiro atoms. The van der Waals surface area contributed by atoms with E-state index in [9.17, 15) is 4.79 Å². The number of carbonyl (C=O) groups excluding carboxylic acids is 1. The molecule has 0 radical (unpaired) electrons. The van der Waals surface area contributed by atoms with Gasteiger partial charge in [-0.2, -0.15) is 4.98 Å². The summed E-state index contributed by atoms with van der Waals surface area (Å²) in [5.74, 6) is 1.35. The number of amides is 1. The Balaban J connectivity index is 1.47. The van der Waals surface area contributed by atoms with Crippen LogP contribution in [0.3, 0.4) is 0 Å². The van der Waals surface area contributed by atoms with Gasteiger partial charge in [-0.25, -0.2) is 0 Å². The molecule has 0 fully saturated rings. The second-order valence-corrected chi connectivity index (χ2v) is 6.58. The van der Waals surface area contributed by atoms with Crippen molar-refractivity contribution in [1.82, 2.24) is 15.5 Å². The number of hydrogen-bond acceptors (Lipinski definition) is 7. The summed E-state index contributed by atoms with van der Waals surface area (Å²) in [6, 6.07) is 13.1. The molecule has 0 saturated carbocycles. The van der Waals surface area contributed by atoms with Gasteiger partial charge < -0.3 is 23.7 Å². The fourth-order valence-corrected chi connectivity index (χ4v) is 3.15. The Morgan fingerprint density at radius 2 is 2.00 bits per heavy atom. The Labute approximate surface area is 172 Å². The van der Waals surface area contributed by atoms with Crippen molar-refractivity contribution in [2.75, 3.05) is 13.7 Å². The molecule has 1 N–H and O–H groups in total. The first kappa shape index (κ1) is 19.5. The highest BCUT2D eigenvalue weighted by molar-refractivity contribution is 5.90. The number of benzene rings is 2. The van der Waals surface area contributed by atoms with Crippen LogP contribution in [0.4, 0.5) is 0 Å². The smallest absolute Gasteiger partial charge is 0.316 e. The van der Waals surface area contributed by atoms with Crippen molar-refractivity contribution >= 4 is 16.9 Å². The van der Waals surface area contributed by atoms with Gasteiger partial charge in [-0.1, -0.05) is 29.4 Å². The normalized spacial score (nSPS) is 10.9. The third kappa shape index (κ3) is 3.71. The standard InChI is InChI=1S/C22H21N3O5/c1-4-28-17-10-9-14(11-18(17)27-3)12-23-21(26)22-24-20(25-30-22)19-13(2)15-7-5-6-8-16(15)29-19/h5-11H,4,12H2,1-3H3,(H,23,26). The summed E-state index contributed by atoms with van der Waals surface area (Å²) in [7, 11) is 1.57. The number of carbonyl (C=O) groups is 1. The molecule has 1 amide bonds. The number of nitrogens with zero attached hydrogens (tertiary/aromatic N) is 2. The van der Waals surface area contributed by atoms with Crippen LogP contribution in [0.15, 0.2) is 51.4 Å². The van der Waals surface area contributed by atoms with Crippen LogP contribution in [0.25, 0.3) is 22.6 Å². The zero-order valence-electron chi connectivity index (χ0n) is 16.9. The van der Waals surface area contributed by atoms with Crippen molar-refractivity contribution in [3.63, 3.8) is 0 Å². The average Bonchev–Trinajstić information content (AvgIpc) is 3.38. The van der Waals surface area contributed by atoms with Crippen LogP contribution in [-0.4, -0.2) is 29.8 Å². The van der Waals surface area contributed by atoms with Gasteiger partial charge in [0.15, 0.2) is 17.3 Å². The van der Waals surface area contributed by atoms with Crippen LogP contribution in [-0.2, 0) is 6.54 Å². The lowest BCUT2D eigenvalue weighted by Crippen LogP contribution is -2.23. The van der Waals surface area contributed by atoms with E-state index in [1.807, 2.05) is 50.2 Å². The first-order valence-corrected chi connectivity index (χ1v) is 9.50. The summed E-state index contributed by atoms with van der Waals surface area (Å²) in [5, 5.41) is 7.63. The van der Waals surface area contributed by atoms with E-state index in [0.29, 0.717) is 23.9 Å². The number of nitrogens with one attached hydrogen (secondary N) is 1. The molecule has 2 heterocycles. The molecular weight excluding hydrogens is 386 g/mol. The maximum atomic E-state index is 12.4. The molecule has 30 heavy (non-hydrogen) atoms. The average molecular weight is 407 g/mol. The summed E-state index contributed by atoms with van der Waals surface area (Å²) >= 11 is 0. The molecule has 0 saturated heterocycles. The molecular formula is C22H21N3O5. The first-order valence-electron chi connectivity index (χ1n) is 9.50. The van der Waals surface area contributed by atoms with E-state index in [4.69, 9.17) is 18.4 Å². The number of ether oxygens (including phenoxy) is 2. The summed E-state index contributed by atoms with van der Waals surface area (Å²) in [5.41, 5.74) is 2.46. The summed E-state index contributed by atoms with van der Waals surface area (Å²) in [6.45, 7) is 4.62. The van der Waals surface area contributed by atoms with Crippen LogP contribution in [0.2, 0.25) is 0 Å². The summed E-state index contributed by atoms with van der Waals surface area (Å²) in [6.07, 6.45) is 0. The van der Waals surface area contributed by atoms with Gasteiger partial charge in [-0.15, -0.1) is 0 Å². The molecule has 0 atom stereocenters. The SMILES string of the molecule is CCOc1ccc(CNC(=O)c2nc(-c3oc4ccccc4c3C)no2)cc1OC. The minimum Gasteiger partial charge on any atom is -0.493 e. The van der Waals surface area contributed by atoms with Gasteiger partial charge in [0.05, 0.1) is 13.7 Å². The number of methoxy groups -OCH3 is 1. The fourth-order valence-electron chi connectivity index (χ4n) is 3.15. The molecule has 8 heteroatoms. The Morgan fingerprint density at radius 1 is 1.17 bits per heavy atom. The number of hydrogen-bond donors (Lipinski definition) is 1. The van der Waals surface area contributed by atoms with Gasteiger partial charge in [0.1, 0.15) is 5.58 Å². The second-order valence-electron chi connectivity index (χ2n) is 6.58. The Bertz CT molecular complexity index is 1190. The molecule has 2 aromatic carbocycles. The van der Waals surface area contributed by atoms with Crippen molar-refractivity contribution in [3.8, 4) is 23.1 Å².